The molecule has 1 N–H and O–H groups in total. The minimum Gasteiger partial charge on any atom is -0.495 e. The van der Waals surface area contributed by atoms with Crippen molar-refractivity contribution in [3.63, 3.8) is 0 Å². The highest BCUT2D eigenvalue weighted by molar-refractivity contribution is 5.58. The average Bonchev–Trinajstić information content (AvgIpc) is 2.84. The molecule has 1 fully saturated rings. The van der Waals surface area contributed by atoms with Gasteiger partial charge < -0.3 is 10.1 Å². The second-order valence-electron chi connectivity index (χ2n) is 5.47. The van der Waals surface area contributed by atoms with Crippen LogP contribution in [0, 0.1) is 18.3 Å². The Morgan fingerprint density at radius 2 is 2.12 bits per heavy atom. The number of rotatable bonds is 4. The van der Waals surface area contributed by atoms with Gasteiger partial charge in [-0.05, 0) is 42.4 Å². The Balaban J connectivity index is 2.00. The molecule has 0 saturated heterocycles. The van der Waals surface area contributed by atoms with Gasteiger partial charge in [0.1, 0.15) is 5.75 Å². The Labute approximate surface area is 98.0 Å². The molecule has 2 nitrogen and oxygen atoms in total. The SMILES string of the molecule is COc1ccc(C)cc1NCC1CC1(C)C. The predicted octanol–water partition coefficient (Wildman–Crippen LogP) is 3.46. The summed E-state index contributed by atoms with van der Waals surface area (Å²) in [5.74, 6) is 1.74. The van der Waals surface area contributed by atoms with E-state index in [1.807, 2.05) is 6.07 Å². The molecule has 0 amide bonds. The third kappa shape index (κ3) is 2.31. The van der Waals surface area contributed by atoms with Gasteiger partial charge in [-0.25, -0.2) is 0 Å². The lowest BCUT2D eigenvalue weighted by Crippen LogP contribution is -2.08. The van der Waals surface area contributed by atoms with Crippen molar-refractivity contribution in [3.05, 3.63) is 23.8 Å². The number of ether oxygens (including phenoxy) is 1. The van der Waals surface area contributed by atoms with Crippen LogP contribution < -0.4 is 10.1 Å². The van der Waals surface area contributed by atoms with E-state index in [4.69, 9.17) is 4.74 Å². The number of anilines is 1. The van der Waals surface area contributed by atoms with Gasteiger partial charge in [0.05, 0.1) is 12.8 Å². The highest BCUT2D eigenvalue weighted by Crippen LogP contribution is 2.51. The Morgan fingerprint density at radius 1 is 1.44 bits per heavy atom. The van der Waals surface area contributed by atoms with Gasteiger partial charge in [0, 0.05) is 6.54 Å². The summed E-state index contributed by atoms with van der Waals surface area (Å²) in [5.41, 5.74) is 2.91. The first-order valence-corrected chi connectivity index (χ1v) is 5.91. The van der Waals surface area contributed by atoms with E-state index in [9.17, 15) is 0 Å². The first kappa shape index (κ1) is 11.3. The van der Waals surface area contributed by atoms with Crippen LogP contribution in [-0.2, 0) is 0 Å². The molecule has 0 spiro atoms. The van der Waals surface area contributed by atoms with Crippen molar-refractivity contribution in [1.82, 2.24) is 0 Å². The molecule has 2 rings (SSSR count). The topological polar surface area (TPSA) is 21.3 Å². The molecule has 2 heteroatoms. The Kier molecular flexibility index (Phi) is 2.83. The first-order valence-electron chi connectivity index (χ1n) is 5.91. The quantitative estimate of drug-likeness (QED) is 0.837. The van der Waals surface area contributed by atoms with Crippen molar-refractivity contribution in [3.8, 4) is 5.75 Å². The van der Waals surface area contributed by atoms with Crippen LogP contribution in [0.1, 0.15) is 25.8 Å². The van der Waals surface area contributed by atoms with Gasteiger partial charge in [-0.2, -0.15) is 0 Å². The number of nitrogens with one attached hydrogen (secondary N) is 1. The predicted molar refractivity (Wildman–Crippen MR) is 68.1 cm³/mol. The standard InChI is InChI=1S/C14H21NO/c1-10-5-6-13(16-4)12(7-10)15-9-11-8-14(11,2)3/h5-7,11,15H,8-9H2,1-4H3. The number of methoxy groups -OCH3 is 1. The van der Waals surface area contributed by atoms with Crippen molar-refractivity contribution in [1.29, 1.82) is 0 Å². The molecule has 0 bridgehead atoms. The van der Waals surface area contributed by atoms with Crippen molar-refractivity contribution in [2.75, 3.05) is 19.0 Å². The van der Waals surface area contributed by atoms with Crippen LogP contribution in [-0.4, -0.2) is 13.7 Å². The van der Waals surface area contributed by atoms with E-state index < -0.39 is 0 Å². The molecular formula is C14H21NO. The lowest BCUT2D eigenvalue weighted by molar-refractivity contribution is 0.416. The molecule has 1 saturated carbocycles. The lowest BCUT2D eigenvalue weighted by atomic mass is 10.1. The smallest absolute Gasteiger partial charge is 0.141 e. The van der Waals surface area contributed by atoms with E-state index in [1.165, 1.54) is 12.0 Å². The van der Waals surface area contributed by atoms with Crippen LogP contribution in [0.25, 0.3) is 0 Å². The Bertz CT molecular complexity index is 384. The van der Waals surface area contributed by atoms with Gasteiger partial charge in [-0.3, -0.25) is 0 Å². The molecule has 0 aliphatic heterocycles. The van der Waals surface area contributed by atoms with E-state index in [-0.39, 0.29) is 0 Å². The highest BCUT2D eigenvalue weighted by Gasteiger charge is 2.44. The summed E-state index contributed by atoms with van der Waals surface area (Å²) in [6, 6.07) is 6.25. The van der Waals surface area contributed by atoms with Crippen LogP contribution in [0.4, 0.5) is 5.69 Å². The van der Waals surface area contributed by atoms with Crippen LogP contribution in [0.5, 0.6) is 5.75 Å². The molecular weight excluding hydrogens is 198 g/mol. The number of benzene rings is 1. The molecule has 1 aliphatic carbocycles. The molecule has 1 aromatic carbocycles. The van der Waals surface area contributed by atoms with E-state index in [1.54, 1.807) is 7.11 Å². The Morgan fingerprint density at radius 3 is 2.69 bits per heavy atom. The maximum absolute atomic E-state index is 5.34. The normalized spacial score (nSPS) is 21.6. The second-order valence-corrected chi connectivity index (χ2v) is 5.47. The molecule has 0 aromatic heterocycles. The number of aryl methyl sites for hydroxylation is 1. The lowest BCUT2D eigenvalue weighted by Gasteiger charge is -2.12. The largest absolute Gasteiger partial charge is 0.495 e. The minimum atomic E-state index is 0.532. The zero-order valence-corrected chi connectivity index (χ0v) is 10.6. The second kappa shape index (κ2) is 4.00. The maximum Gasteiger partial charge on any atom is 0.141 e. The van der Waals surface area contributed by atoms with Crippen molar-refractivity contribution in [2.45, 2.75) is 27.2 Å². The summed E-state index contributed by atoms with van der Waals surface area (Å²) in [4.78, 5) is 0. The van der Waals surface area contributed by atoms with Gasteiger partial charge >= 0.3 is 0 Å². The summed E-state index contributed by atoms with van der Waals surface area (Å²) >= 11 is 0. The molecule has 1 aromatic rings. The molecule has 16 heavy (non-hydrogen) atoms. The summed E-state index contributed by atoms with van der Waals surface area (Å²) in [5, 5.41) is 3.50. The van der Waals surface area contributed by atoms with Gasteiger partial charge in [-0.15, -0.1) is 0 Å². The summed E-state index contributed by atoms with van der Waals surface area (Å²) in [6.45, 7) is 7.80. The van der Waals surface area contributed by atoms with Crippen molar-refractivity contribution in [2.24, 2.45) is 11.3 Å². The molecule has 1 aliphatic rings. The van der Waals surface area contributed by atoms with E-state index in [0.29, 0.717) is 5.41 Å². The molecule has 0 heterocycles. The zero-order chi connectivity index (χ0) is 11.8. The summed E-state index contributed by atoms with van der Waals surface area (Å²) in [7, 11) is 1.72. The summed E-state index contributed by atoms with van der Waals surface area (Å²) in [6.07, 6.45) is 1.33. The van der Waals surface area contributed by atoms with E-state index >= 15 is 0 Å². The van der Waals surface area contributed by atoms with E-state index in [0.717, 1.165) is 23.9 Å². The third-order valence-corrected chi connectivity index (χ3v) is 3.61. The molecule has 88 valence electrons. The Hall–Kier alpha value is -1.18. The monoisotopic (exact) mass is 219 g/mol. The average molecular weight is 219 g/mol. The number of hydrogen-bond acceptors (Lipinski definition) is 2. The van der Waals surface area contributed by atoms with Crippen LogP contribution in [0.15, 0.2) is 18.2 Å². The summed E-state index contributed by atoms with van der Waals surface area (Å²) < 4.78 is 5.34. The van der Waals surface area contributed by atoms with Gasteiger partial charge in [0.25, 0.3) is 0 Å². The van der Waals surface area contributed by atoms with Gasteiger partial charge in [0.15, 0.2) is 0 Å². The molecule has 0 radical (unpaired) electrons. The van der Waals surface area contributed by atoms with Gasteiger partial charge in [0.2, 0.25) is 0 Å². The molecule has 1 atom stereocenters. The van der Waals surface area contributed by atoms with Crippen LogP contribution in [0.2, 0.25) is 0 Å². The fourth-order valence-electron chi connectivity index (χ4n) is 2.12. The van der Waals surface area contributed by atoms with Crippen molar-refractivity contribution < 1.29 is 4.74 Å². The number of hydrogen-bond donors (Lipinski definition) is 1. The third-order valence-electron chi connectivity index (χ3n) is 3.61. The van der Waals surface area contributed by atoms with Gasteiger partial charge in [-0.1, -0.05) is 19.9 Å². The minimum absolute atomic E-state index is 0.532. The highest BCUT2D eigenvalue weighted by atomic mass is 16.5. The maximum atomic E-state index is 5.34. The van der Waals surface area contributed by atoms with Crippen LogP contribution in [0.3, 0.4) is 0 Å². The molecule has 1 unspecified atom stereocenters. The fourth-order valence-corrected chi connectivity index (χ4v) is 2.12. The zero-order valence-electron chi connectivity index (χ0n) is 10.6. The fraction of sp³-hybridized carbons (Fsp3) is 0.571. The van der Waals surface area contributed by atoms with E-state index in [2.05, 4.69) is 38.2 Å². The van der Waals surface area contributed by atoms with Crippen LogP contribution >= 0.6 is 0 Å². The first-order chi connectivity index (χ1) is 7.53. The van der Waals surface area contributed by atoms with Crippen molar-refractivity contribution >= 4 is 5.69 Å².